The van der Waals surface area contributed by atoms with Gasteiger partial charge in [0.15, 0.2) is 5.82 Å². The van der Waals surface area contributed by atoms with Gasteiger partial charge in [0.1, 0.15) is 5.75 Å². The second-order valence-corrected chi connectivity index (χ2v) is 4.80. The van der Waals surface area contributed by atoms with E-state index < -0.39 is 4.92 Å². The van der Waals surface area contributed by atoms with Crippen LogP contribution in [0.25, 0.3) is 22.6 Å². The first kappa shape index (κ1) is 14.6. The van der Waals surface area contributed by atoms with Gasteiger partial charge in [-0.25, -0.2) is 9.97 Å². The zero-order chi connectivity index (χ0) is 16.2. The van der Waals surface area contributed by atoms with Crippen molar-refractivity contribution < 1.29 is 9.66 Å². The molecule has 114 valence electrons. The SMILES string of the molecule is COc1ccc(-c2ccnc(-c3cccc([N+](=O)[O-])c3)n2)cc1. The average Bonchev–Trinajstić information content (AvgIpc) is 2.62. The van der Waals surface area contributed by atoms with Gasteiger partial charge in [-0.15, -0.1) is 0 Å². The first-order chi connectivity index (χ1) is 11.2. The van der Waals surface area contributed by atoms with E-state index in [1.165, 1.54) is 12.1 Å². The molecule has 3 rings (SSSR count). The number of nitro groups is 1. The van der Waals surface area contributed by atoms with Crippen LogP contribution < -0.4 is 4.74 Å². The van der Waals surface area contributed by atoms with Gasteiger partial charge in [0.2, 0.25) is 0 Å². The van der Waals surface area contributed by atoms with Gasteiger partial charge in [-0.2, -0.15) is 0 Å². The van der Waals surface area contributed by atoms with Crippen LogP contribution in [0, 0.1) is 10.1 Å². The van der Waals surface area contributed by atoms with Crippen LogP contribution in [-0.2, 0) is 0 Å². The third-order valence-corrected chi connectivity index (χ3v) is 3.36. The van der Waals surface area contributed by atoms with E-state index in [4.69, 9.17) is 4.74 Å². The van der Waals surface area contributed by atoms with Gasteiger partial charge in [-0.05, 0) is 30.3 Å². The fraction of sp³-hybridized carbons (Fsp3) is 0.0588. The molecule has 3 aromatic rings. The molecule has 0 N–H and O–H groups in total. The van der Waals surface area contributed by atoms with Gasteiger partial charge < -0.3 is 4.74 Å². The quantitative estimate of drug-likeness (QED) is 0.542. The summed E-state index contributed by atoms with van der Waals surface area (Å²) in [5.74, 6) is 1.21. The monoisotopic (exact) mass is 307 g/mol. The molecule has 0 saturated carbocycles. The lowest BCUT2D eigenvalue weighted by Gasteiger charge is -2.05. The van der Waals surface area contributed by atoms with Crippen molar-refractivity contribution in [1.82, 2.24) is 9.97 Å². The number of benzene rings is 2. The molecule has 0 aliphatic rings. The van der Waals surface area contributed by atoms with Crippen LogP contribution in [0.3, 0.4) is 0 Å². The third-order valence-electron chi connectivity index (χ3n) is 3.36. The summed E-state index contributed by atoms with van der Waals surface area (Å²) in [5.41, 5.74) is 2.28. The highest BCUT2D eigenvalue weighted by Crippen LogP contribution is 2.24. The summed E-state index contributed by atoms with van der Waals surface area (Å²) in [6, 6.07) is 15.6. The predicted molar refractivity (Wildman–Crippen MR) is 86.1 cm³/mol. The Balaban J connectivity index is 1.99. The molecule has 0 saturated heterocycles. The smallest absolute Gasteiger partial charge is 0.270 e. The lowest BCUT2D eigenvalue weighted by molar-refractivity contribution is -0.384. The summed E-state index contributed by atoms with van der Waals surface area (Å²) in [6.45, 7) is 0. The number of rotatable bonds is 4. The third kappa shape index (κ3) is 3.16. The molecular formula is C17H13N3O3. The van der Waals surface area contributed by atoms with Crippen LogP contribution in [-0.4, -0.2) is 22.0 Å². The van der Waals surface area contributed by atoms with Gasteiger partial charge in [-0.1, -0.05) is 12.1 Å². The topological polar surface area (TPSA) is 78.2 Å². The first-order valence-corrected chi connectivity index (χ1v) is 6.89. The summed E-state index contributed by atoms with van der Waals surface area (Å²) in [4.78, 5) is 19.2. The molecule has 0 aliphatic carbocycles. The molecule has 0 spiro atoms. The fourth-order valence-corrected chi connectivity index (χ4v) is 2.18. The number of non-ortho nitro benzene ring substituents is 1. The second-order valence-electron chi connectivity index (χ2n) is 4.80. The lowest BCUT2D eigenvalue weighted by Crippen LogP contribution is -1.93. The Morgan fingerprint density at radius 1 is 1.04 bits per heavy atom. The summed E-state index contributed by atoms with van der Waals surface area (Å²) in [6.07, 6.45) is 1.64. The van der Waals surface area contributed by atoms with E-state index in [9.17, 15) is 10.1 Å². The molecule has 1 aromatic heterocycles. The maximum absolute atomic E-state index is 10.9. The highest BCUT2D eigenvalue weighted by Gasteiger charge is 2.10. The van der Waals surface area contributed by atoms with Crippen molar-refractivity contribution in [2.24, 2.45) is 0 Å². The summed E-state index contributed by atoms with van der Waals surface area (Å²) < 4.78 is 5.14. The molecule has 0 radical (unpaired) electrons. The van der Waals surface area contributed by atoms with Crippen molar-refractivity contribution in [3.63, 3.8) is 0 Å². The van der Waals surface area contributed by atoms with Crippen LogP contribution in [0.4, 0.5) is 5.69 Å². The molecule has 6 nitrogen and oxygen atoms in total. The van der Waals surface area contributed by atoms with E-state index in [1.807, 2.05) is 24.3 Å². The summed E-state index contributed by atoms with van der Waals surface area (Å²) in [7, 11) is 1.61. The number of nitro benzene ring substituents is 1. The molecule has 0 fully saturated rings. The molecule has 0 amide bonds. The minimum Gasteiger partial charge on any atom is -0.497 e. The molecular weight excluding hydrogens is 294 g/mol. The normalized spacial score (nSPS) is 10.3. The predicted octanol–water partition coefficient (Wildman–Crippen LogP) is 3.73. The van der Waals surface area contributed by atoms with Crippen LogP contribution in [0.2, 0.25) is 0 Å². The fourth-order valence-electron chi connectivity index (χ4n) is 2.18. The van der Waals surface area contributed by atoms with Crippen LogP contribution >= 0.6 is 0 Å². The van der Waals surface area contributed by atoms with E-state index in [-0.39, 0.29) is 5.69 Å². The molecule has 0 atom stereocenters. The molecule has 0 aliphatic heterocycles. The molecule has 1 heterocycles. The maximum atomic E-state index is 10.9. The second kappa shape index (κ2) is 6.23. The van der Waals surface area contributed by atoms with Gasteiger partial charge >= 0.3 is 0 Å². The highest BCUT2D eigenvalue weighted by molar-refractivity contribution is 5.65. The van der Waals surface area contributed by atoms with Gasteiger partial charge in [0, 0.05) is 29.5 Å². The average molecular weight is 307 g/mol. The lowest BCUT2D eigenvalue weighted by atomic mass is 10.1. The summed E-state index contributed by atoms with van der Waals surface area (Å²) in [5, 5.41) is 10.9. The zero-order valence-corrected chi connectivity index (χ0v) is 12.3. The standard InChI is InChI=1S/C17H13N3O3/c1-23-15-7-5-12(6-8-15)16-9-10-18-17(19-16)13-3-2-4-14(11-13)20(21)22/h2-11H,1H3. The number of aromatic nitrogens is 2. The molecule has 2 aromatic carbocycles. The van der Waals surface area contributed by atoms with E-state index in [0.717, 1.165) is 17.0 Å². The zero-order valence-electron chi connectivity index (χ0n) is 12.3. The van der Waals surface area contributed by atoms with Crippen molar-refractivity contribution >= 4 is 5.69 Å². The molecule has 0 unspecified atom stereocenters. The van der Waals surface area contributed by atoms with Crippen molar-refractivity contribution in [3.05, 3.63) is 70.9 Å². The Bertz CT molecular complexity index is 848. The Morgan fingerprint density at radius 3 is 2.52 bits per heavy atom. The van der Waals surface area contributed by atoms with Gasteiger partial charge in [0.05, 0.1) is 17.7 Å². The Kier molecular flexibility index (Phi) is 3.97. The number of ether oxygens (including phenoxy) is 1. The maximum Gasteiger partial charge on any atom is 0.270 e. The molecule has 6 heteroatoms. The first-order valence-electron chi connectivity index (χ1n) is 6.89. The van der Waals surface area contributed by atoms with Gasteiger partial charge in [-0.3, -0.25) is 10.1 Å². The number of methoxy groups -OCH3 is 1. The van der Waals surface area contributed by atoms with E-state index >= 15 is 0 Å². The largest absolute Gasteiger partial charge is 0.497 e. The summed E-state index contributed by atoms with van der Waals surface area (Å²) >= 11 is 0. The Morgan fingerprint density at radius 2 is 1.83 bits per heavy atom. The number of hydrogen-bond acceptors (Lipinski definition) is 5. The minimum atomic E-state index is -0.434. The molecule has 23 heavy (non-hydrogen) atoms. The Hall–Kier alpha value is -3.28. The highest BCUT2D eigenvalue weighted by atomic mass is 16.6. The van der Waals surface area contributed by atoms with Crippen molar-refractivity contribution in [3.8, 4) is 28.4 Å². The van der Waals surface area contributed by atoms with E-state index in [0.29, 0.717) is 11.4 Å². The van der Waals surface area contributed by atoms with E-state index in [1.54, 1.807) is 31.5 Å². The number of hydrogen-bond donors (Lipinski definition) is 0. The van der Waals surface area contributed by atoms with Crippen LogP contribution in [0.1, 0.15) is 0 Å². The number of nitrogens with zero attached hydrogens (tertiary/aromatic N) is 3. The Labute approximate surface area is 132 Å². The van der Waals surface area contributed by atoms with Crippen molar-refractivity contribution in [2.45, 2.75) is 0 Å². The molecule has 0 bridgehead atoms. The van der Waals surface area contributed by atoms with E-state index in [2.05, 4.69) is 9.97 Å². The van der Waals surface area contributed by atoms with Crippen molar-refractivity contribution in [1.29, 1.82) is 0 Å². The van der Waals surface area contributed by atoms with Crippen molar-refractivity contribution in [2.75, 3.05) is 7.11 Å². The van der Waals surface area contributed by atoms with Crippen LogP contribution in [0.5, 0.6) is 5.75 Å². The van der Waals surface area contributed by atoms with Gasteiger partial charge in [0.25, 0.3) is 5.69 Å². The minimum absolute atomic E-state index is 0.0148. The van der Waals surface area contributed by atoms with Crippen LogP contribution in [0.15, 0.2) is 60.8 Å².